The third-order valence-corrected chi connectivity index (χ3v) is 4.04. The minimum absolute atomic E-state index is 0. The lowest BCUT2D eigenvalue weighted by Gasteiger charge is -2.14. The zero-order valence-electron chi connectivity index (χ0n) is 14.4. The number of rotatable bonds is 6. The number of halogens is 2. The monoisotopic (exact) mass is 428 g/mol. The fourth-order valence-electron chi connectivity index (χ4n) is 2.16. The smallest absolute Gasteiger partial charge is 0.255 e. The van der Waals surface area contributed by atoms with Crippen molar-refractivity contribution in [3.8, 4) is 11.5 Å². The first kappa shape index (κ1) is 21.1. The Morgan fingerprint density at radius 3 is 2.64 bits per heavy atom. The molecule has 25 heavy (non-hydrogen) atoms. The molecule has 0 heterocycles. The number of ether oxygens (including phenoxy) is 2. The Kier molecular flexibility index (Phi) is 8.06. The molecular weight excluding hydrogens is 408 g/mol. The van der Waals surface area contributed by atoms with E-state index in [1.165, 1.54) is 0 Å². The number of hydrogen-bond acceptors (Lipinski definition) is 4. The number of nitrogens with one attached hydrogen (secondary N) is 1. The first-order valence-corrected chi connectivity index (χ1v) is 8.43. The normalized spacial score (nSPS) is 9.92. The lowest BCUT2D eigenvalue weighted by molar-refractivity contribution is 0.102. The summed E-state index contributed by atoms with van der Waals surface area (Å²) in [5.41, 5.74) is 8.46. The standard InChI is InChI=1S/C18H21BrN2O3.ClH/c1-4-7-24-17-14(19)8-12(9-16(17)23-3)18(22)21-15-10-13(20)6-5-11(15)2;/h5-6,8-10H,4,7,20H2,1-3H3,(H,21,22);1H. The SMILES string of the molecule is CCCOc1c(Br)cc(C(=O)Nc2cc(N)ccc2C)cc1OC.Cl. The Balaban J connectivity index is 0.00000312. The van der Waals surface area contributed by atoms with Crippen LogP contribution in [0.5, 0.6) is 11.5 Å². The van der Waals surface area contributed by atoms with E-state index < -0.39 is 0 Å². The van der Waals surface area contributed by atoms with Crippen LogP contribution in [0, 0.1) is 6.92 Å². The highest BCUT2D eigenvalue weighted by Crippen LogP contribution is 2.37. The van der Waals surface area contributed by atoms with E-state index in [0.717, 1.165) is 12.0 Å². The number of methoxy groups -OCH3 is 1. The number of aryl methyl sites for hydroxylation is 1. The quantitative estimate of drug-likeness (QED) is 0.646. The van der Waals surface area contributed by atoms with E-state index in [4.69, 9.17) is 15.2 Å². The zero-order valence-corrected chi connectivity index (χ0v) is 16.8. The maximum absolute atomic E-state index is 12.6. The summed E-state index contributed by atoms with van der Waals surface area (Å²) in [6, 6.07) is 8.77. The van der Waals surface area contributed by atoms with Gasteiger partial charge in [-0.15, -0.1) is 12.4 Å². The van der Waals surface area contributed by atoms with E-state index in [0.29, 0.717) is 39.5 Å². The van der Waals surface area contributed by atoms with Gasteiger partial charge >= 0.3 is 0 Å². The van der Waals surface area contributed by atoms with Crippen LogP contribution < -0.4 is 20.5 Å². The molecule has 2 aromatic carbocycles. The van der Waals surface area contributed by atoms with Crippen molar-refractivity contribution in [3.05, 3.63) is 45.9 Å². The van der Waals surface area contributed by atoms with Crippen LogP contribution in [-0.2, 0) is 0 Å². The van der Waals surface area contributed by atoms with Crippen LogP contribution in [0.2, 0.25) is 0 Å². The Labute approximate surface area is 162 Å². The van der Waals surface area contributed by atoms with Crippen molar-refractivity contribution in [2.75, 3.05) is 24.8 Å². The second-order valence-corrected chi connectivity index (χ2v) is 6.22. The molecule has 5 nitrogen and oxygen atoms in total. The number of amides is 1. The minimum Gasteiger partial charge on any atom is -0.493 e. The lowest BCUT2D eigenvalue weighted by atomic mass is 10.1. The summed E-state index contributed by atoms with van der Waals surface area (Å²) in [7, 11) is 1.55. The summed E-state index contributed by atoms with van der Waals surface area (Å²) in [6.45, 7) is 4.51. The minimum atomic E-state index is -0.246. The molecule has 0 saturated heterocycles. The van der Waals surface area contributed by atoms with Crippen molar-refractivity contribution in [1.82, 2.24) is 0 Å². The molecule has 0 atom stereocenters. The molecule has 0 aliphatic carbocycles. The van der Waals surface area contributed by atoms with E-state index in [1.807, 2.05) is 19.9 Å². The van der Waals surface area contributed by atoms with Crippen LogP contribution in [0.1, 0.15) is 29.3 Å². The molecule has 0 spiro atoms. The molecule has 0 bridgehead atoms. The largest absolute Gasteiger partial charge is 0.493 e. The first-order valence-electron chi connectivity index (χ1n) is 7.64. The van der Waals surface area contributed by atoms with Gasteiger partial charge in [-0.05, 0) is 59.1 Å². The Morgan fingerprint density at radius 1 is 1.28 bits per heavy atom. The molecule has 0 aliphatic rings. The molecular formula is C18H22BrClN2O3. The van der Waals surface area contributed by atoms with Gasteiger partial charge in [0.15, 0.2) is 11.5 Å². The molecule has 0 saturated carbocycles. The van der Waals surface area contributed by atoms with Gasteiger partial charge in [-0.2, -0.15) is 0 Å². The van der Waals surface area contributed by atoms with Crippen molar-refractivity contribution < 1.29 is 14.3 Å². The van der Waals surface area contributed by atoms with Crippen LogP contribution in [-0.4, -0.2) is 19.6 Å². The number of anilines is 2. The summed E-state index contributed by atoms with van der Waals surface area (Å²) < 4.78 is 11.7. The molecule has 0 aromatic heterocycles. The van der Waals surface area contributed by atoms with E-state index in [9.17, 15) is 4.79 Å². The van der Waals surface area contributed by atoms with Crippen molar-refractivity contribution >= 4 is 45.6 Å². The Morgan fingerprint density at radius 2 is 2.00 bits per heavy atom. The highest BCUT2D eigenvalue weighted by atomic mass is 79.9. The van der Waals surface area contributed by atoms with Crippen molar-refractivity contribution in [2.45, 2.75) is 20.3 Å². The van der Waals surface area contributed by atoms with Gasteiger partial charge in [0, 0.05) is 16.9 Å². The van der Waals surface area contributed by atoms with E-state index in [1.54, 1.807) is 31.4 Å². The second-order valence-electron chi connectivity index (χ2n) is 5.37. The van der Waals surface area contributed by atoms with Crippen LogP contribution >= 0.6 is 28.3 Å². The van der Waals surface area contributed by atoms with E-state index in [-0.39, 0.29) is 18.3 Å². The van der Waals surface area contributed by atoms with Crippen LogP contribution in [0.15, 0.2) is 34.8 Å². The molecule has 1 amide bonds. The molecule has 136 valence electrons. The molecule has 0 radical (unpaired) electrons. The van der Waals surface area contributed by atoms with Gasteiger partial charge in [-0.25, -0.2) is 0 Å². The third-order valence-electron chi connectivity index (χ3n) is 3.45. The highest BCUT2D eigenvalue weighted by Gasteiger charge is 2.16. The first-order chi connectivity index (χ1) is 11.5. The summed E-state index contributed by atoms with van der Waals surface area (Å²) in [6.07, 6.45) is 0.881. The van der Waals surface area contributed by atoms with Gasteiger partial charge in [-0.3, -0.25) is 4.79 Å². The predicted octanol–water partition coefficient (Wildman–Crippen LogP) is 4.81. The van der Waals surface area contributed by atoms with Crippen molar-refractivity contribution in [2.24, 2.45) is 0 Å². The lowest BCUT2D eigenvalue weighted by Crippen LogP contribution is -2.13. The van der Waals surface area contributed by atoms with Crippen LogP contribution in [0.3, 0.4) is 0 Å². The van der Waals surface area contributed by atoms with E-state index >= 15 is 0 Å². The number of nitrogen functional groups attached to an aromatic ring is 1. The molecule has 7 heteroatoms. The molecule has 2 aromatic rings. The molecule has 0 fully saturated rings. The summed E-state index contributed by atoms with van der Waals surface area (Å²) in [4.78, 5) is 12.6. The van der Waals surface area contributed by atoms with Crippen molar-refractivity contribution in [1.29, 1.82) is 0 Å². The summed E-state index contributed by atoms with van der Waals surface area (Å²) in [5, 5.41) is 2.87. The van der Waals surface area contributed by atoms with Crippen LogP contribution in [0.4, 0.5) is 11.4 Å². The molecule has 3 N–H and O–H groups in total. The topological polar surface area (TPSA) is 73.6 Å². The predicted molar refractivity (Wildman–Crippen MR) is 107 cm³/mol. The Hall–Kier alpha value is -1.92. The van der Waals surface area contributed by atoms with Gasteiger partial charge in [-0.1, -0.05) is 13.0 Å². The Bertz CT molecular complexity index is 753. The van der Waals surface area contributed by atoms with Gasteiger partial charge in [0.2, 0.25) is 0 Å². The molecule has 0 aliphatic heterocycles. The second kappa shape index (κ2) is 9.53. The van der Waals surface area contributed by atoms with Gasteiger partial charge in [0.1, 0.15) is 0 Å². The average Bonchev–Trinajstić information content (AvgIpc) is 2.56. The number of carbonyl (C=O) groups is 1. The number of hydrogen-bond donors (Lipinski definition) is 2. The van der Waals surface area contributed by atoms with E-state index in [2.05, 4.69) is 21.2 Å². The highest BCUT2D eigenvalue weighted by molar-refractivity contribution is 9.10. The molecule has 0 unspecified atom stereocenters. The third kappa shape index (κ3) is 5.28. The van der Waals surface area contributed by atoms with Gasteiger partial charge < -0.3 is 20.5 Å². The number of nitrogens with two attached hydrogens (primary N) is 1. The zero-order chi connectivity index (χ0) is 17.7. The summed E-state index contributed by atoms with van der Waals surface area (Å²) >= 11 is 3.44. The summed E-state index contributed by atoms with van der Waals surface area (Å²) in [5.74, 6) is 0.855. The van der Waals surface area contributed by atoms with Crippen molar-refractivity contribution in [3.63, 3.8) is 0 Å². The van der Waals surface area contributed by atoms with Gasteiger partial charge in [0.05, 0.1) is 18.2 Å². The van der Waals surface area contributed by atoms with Gasteiger partial charge in [0.25, 0.3) is 5.91 Å². The number of benzene rings is 2. The maximum Gasteiger partial charge on any atom is 0.255 e. The average molecular weight is 430 g/mol. The fourth-order valence-corrected chi connectivity index (χ4v) is 2.72. The maximum atomic E-state index is 12.6. The van der Waals surface area contributed by atoms with Crippen LogP contribution in [0.25, 0.3) is 0 Å². The molecule has 2 rings (SSSR count). The fraction of sp³-hybridized carbons (Fsp3) is 0.278. The number of carbonyl (C=O) groups excluding carboxylic acids is 1.